The molecule has 0 saturated carbocycles. The number of aryl methyl sites for hydroxylation is 2. The summed E-state index contributed by atoms with van der Waals surface area (Å²) in [6.07, 6.45) is 2.15. The molecule has 1 heterocycles. The third kappa shape index (κ3) is 8.15. The van der Waals surface area contributed by atoms with Crippen LogP contribution in [0, 0.1) is 19.8 Å². The summed E-state index contributed by atoms with van der Waals surface area (Å²) in [6.45, 7) is 14.6. The molecule has 1 aromatic rings. The van der Waals surface area contributed by atoms with Crippen LogP contribution in [0.5, 0.6) is 0 Å². The third-order valence-electron chi connectivity index (χ3n) is 5.53. The molecule has 2 rings (SSSR count). The molecule has 0 bridgehead atoms. The van der Waals surface area contributed by atoms with Gasteiger partial charge in [0.05, 0.1) is 13.1 Å². The van der Waals surface area contributed by atoms with Crippen LogP contribution < -0.4 is 10.6 Å². The molecule has 2 amide bonds. The summed E-state index contributed by atoms with van der Waals surface area (Å²) in [5.41, 5.74) is 3.08. The number of piperazine rings is 1. The Kier molecular flexibility index (Phi) is 9.11. The van der Waals surface area contributed by atoms with Gasteiger partial charge in [-0.15, -0.1) is 0 Å². The fraction of sp³-hybridized carbons (Fsp3) is 0.652. The summed E-state index contributed by atoms with van der Waals surface area (Å²) in [5, 5.41) is 6.16. The van der Waals surface area contributed by atoms with Crippen LogP contribution in [-0.2, 0) is 9.59 Å². The number of benzene rings is 1. The minimum absolute atomic E-state index is 0.0209. The Morgan fingerprint density at radius 1 is 0.897 bits per heavy atom. The second-order valence-corrected chi connectivity index (χ2v) is 8.81. The van der Waals surface area contributed by atoms with E-state index in [1.807, 2.05) is 32.0 Å². The molecule has 1 aliphatic rings. The standard InChI is InChI=1S/C23H38N4O2/c1-17(2)9-10-20(5)24-21(28)15-26-11-13-27(14-12-26)16-22(29)25-23-18(3)7-6-8-19(23)4/h6-8,17,20H,9-16H2,1-5H3,(H,24,28)(H,25,29)/t20-/m1/s1. The summed E-state index contributed by atoms with van der Waals surface area (Å²) in [4.78, 5) is 29.0. The monoisotopic (exact) mass is 402 g/mol. The van der Waals surface area contributed by atoms with Gasteiger partial charge >= 0.3 is 0 Å². The Morgan fingerprint density at radius 3 is 1.93 bits per heavy atom. The van der Waals surface area contributed by atoms with E-state index in [1.165, 1.54) is 0 Å². The van der Waals surface area contributed by atoms with Crippen LogP contribution in [0.2, 0.25) is 0 Å². The number of hydrogen-bond acceptors (Lipinski definition) is 4. The van der Waals surface area contributed by atoms with E-state index < -0.39 is 0 Å². The second-order valence-electron chi connectivity index (χ2n) is 8.81. The molecule has 0 aliphatic carbocycles. The van der Waals surface area contributed by atoms with Crippen LogP contribution in [0.15, 0.2) is 18.2 Å². The van der Waals surface area contributed by atoms with Crippen molar-refractivity contribution in [2.45, 2.75) is 53.5 Å². The van der Waals surface area contributed by atoms with Gasteiger partial charge in [-0.3, -0.25) is 19.4 Å². The van der Waals surface area contributed by atoms with E-state index in [9.17, 15) is 9.59 Å². The molecular weight excluding hydrogens is 364 g/mol. The lowest BCUT2D eigenvalue weighted by atomic mass is 10.0. The van der Waals surface area contributed by atoms with Crippen molar-refractivity contribution >= 4 is 17.5 Å². The largest absolute Gasteiger partial charge is 0.353 e. The zero-order valence-electron chi connectivity index (χ0n) is 18.8. The van der Waals surface area contributed by atoms with Crippen molar-refractivity contribution in [1.82, 2.24) is 15.1 Å². The van der Waals surface area contributed by atoms with E-state index in [0.29, 0.717) is 19.0 Å². The number of nitrogens with zero attached hydrogens (tertiary/aromatic N) is 2. The quantitative estimate of drug-likeness (QED) is 0.667. The summed E-state index contributed by atoms with van der Waals surface area (Å²) < 4.78 is 0. The molecule has 29 heavy (non-hydrogen) atoms. The lowest BCUT2D eigenvalue weighted by Crippen LogP contribution is -2.51. The number of carbonyl (C=O) groups is 2. The smallest absolute Gasteiger partial charge is 0.238 e. The minimum Gasteiger partial charge on any atom is -0.353 e. The number of amides is 2. The average Bonchev–Trinajstić information content (AvgIpc) is 2.65. The highest BCUT2D eigenvalue weighted by molar-refractivity contribution is 5.93. The van der Waals surface area contributed by atoms with Crippen molar-refractivity contribution in [3.05, 3.63) is 29.3 Å². The fourth-order valence-corrected chi connectivity index (χ4v) is 3.68. The molecule has 1 saturated heterocycles. The van der Waals surface area contributed by atoms with Gasteiger partial charge in [0.1, 0.15) is 0 Å². The Labute approximate surface area is 176 Å². The maximum Gasteiger partial charge on any atom is 0.238 e. The molecule has 162 valence electrons. The number of nitrogens with one attached hydrogen (secondary N) is 2. The average molecular weight is 403 g/mol. The molecule has 1 fully saturated rings. The summed E-state index contributed by atoms with van der Waals surface area (Å²) in [6, 6.07) is 6.24. The number of carbonyl (C=O) groups excluding carboxylic acids is 2. The van der Waals surface area contributed by atoms with Crippen molar-refractivity contribution in [2.75, 3.05) is 44.6 Å². The van der Waals surface area contributed by atoms with Crippen LogP contribution in [-0.4, -0.2) is 66.9 Å². The summed E-state index contributed by atoms with van der Waals surface area (Å²) in [7, 11) is 0. The first kappa shape index (κ1) is 23.4. The molecule has 0 aromatic heterocycles. The molecule has 1 atom stereocenters. The van der Waals surface area contributed by atoms with E-state index in [2.05, 4.69) is 41.2 Å². The van der Waals surface area contributed by atoms with Crippen molar-refractivity contribution in [1.29, 1.82) is 0 Å². The molecule has 0 radical (unpaired) electrons. The van der Waals surface area contributed by atoms with E-state index in [0.717, 1.165) is 55.8 Å². The topological polar surface area (TPSA) is 64.7 Å². The first-order chi connectivity index (χ1) is 13.7. The Hall–Kier alpha value is -1.92. The Morgan fingerprint density at radius 2 is 1.41 bits per heavy atom. The predicted molar refractivity (Wildman–Crippen MR) is 119 cm³/mol. The van der Waals surface area contributed by atoms with Gasteiger partial charge in [0.25, 0.3) is 0 Å². The van der Waals surface area contributed by atoms with Crippen LogP contribution in [0.4, 0.5) is 5.69 Å². The molecule has 0 unspecified atom stereocenters. The Bertz CT molecular complexity index is 661. The molecule has 2 N–H and O–H groups in total. The van der Waals surface area contributed by atoms with Crippen molar-refractivity contribution < 1.29 is 9.59 Å². The molecule has 6 heteroatoms. The van der Waals surface area contributed by atoms with Gasteiger partial charge in [0, 0.05) is 37.9 Å². The van der Waals surface area contributed by atoms with Crippen LogP contribution in [0.3, 0.4) is 0 Å². The highest BCUT2D eigenvalue weighted by atomic mass is 16.2. The lowest BCUT2D eigenvalue weighted by molar-refractivity contribution is -0.124. The lowest BCUT2D eigenvalue weighted by Gasteiger charge is -2.34. The Balaban J connectivity index is 1.69. The van der Waals surface area contributed by atoms with Gasteiger partial charge in [-0.25, -0.2) is 0 Å². The second kappa shape index (κ2) is 11.3. The van der Waals surface area contributed by atoms with Crippen molar-refractivity contribution in [2.24, 2.45) is 5.92 Å². The highest BCUT2D eigenvalue weighted by Crippen LogP contribution is 2.19. The fourth-order valence-electron chi connectivity index (χ4n) is 3.68. The number of anilines is 1. The summed E-state index contributed by atoms with van der Waals surface area (Å²) in [5.74, 6) is 0.782. The zero-order chi connectivity index (χ0) is 21.4. The van der Waals surface area contributed by atoms with Crippen LogP contribution in [0.25, 0.3) is 0 Å². The van der Waals surface area contributed by atoms with Crippen molar-refractivity contribution in [3.63, 3.8) is 0 Å². The number of rotatable bonds is 9. The summed E-state index contributed by atoms with van der Waals surface area (Å²) >= 11 is 0. The van der Waals surface area contributed by atoms with E-state index >= 15 is 0 Å². The maximum absolute atomic E-state index is 12.4. The normalized spacial score (nSPS) is 16.6. The van der Waals surface area contributed by atoms with E-state index in [-0.39, 0.29) is 17.9 Å². The third-order valence-corrected chi connectivity index (χ3v) is 5.53. The number of para-hydroxylation sites is 1. The van der Waals surface area contributed by atoms with Crippen molar-refractivity contribution in [3.8, 4) is 0 Å². The minimum atomic E-state index is 0.0209. The van der Waals surface area contributed by atoms with Crippen LogP contribution >= 0.6 is 0 Å². The molecular formula is C23H38N4O2. The van der Waals surface area contributed by atoms with Crippen LogP contribution in [0.1, 0.15) is 44.7 Å². The highest BCUT2D eigenvalue weighted by Gasteiger charge is 2.21. The zero-order valence-corrected chi connectivity index (χ0v) is 18.8. The van der Waals surface area contributed by atoms with Gasteiger partial charge in [-0.05, 0) is 50.7 Å². The SMILES string of the molecule is Cc1cccc(C)c1NC(=O)CN1CCN(CC(=O)N[C@H](C)CCC(C)C)CC1. The first-order valence-electron chi connectivity index (χ1n) is 10.8. The number of hydrogen-bond donors (Lipinski definition) is 2. The molecule has 6 nitrogen and oxygen atoms in total. The molecule has 0 spiro atoms. The van der Waals surface area contributed by atoms with Gasteiger partial charge in [0.2, 0.25) is 11.8 Å². The van der Waals surface area contributed by atoms with E-state index in [1.54, 1.807) is 0 Å². The van der Waals surface area contributed by atoms with Gasteiger partial charge < -0.3 is 10.6 Å². The van der Waals surface area contributed by atoms with E-state index in [4.69, 9.17) is 0 Å². The van der Waals surface area contributed by atoms with Gasteiger partial charge in [0.15, 0.2) is 0 Å². The molecule has 1 aliphatic heterocycles. The predicted octanol–water partition coefficient (Wildman–Crippen LogP) is 2.80. The first-order valence-corrected chi connectivity index (χ1v) is 10.8. The molecule has 1 aromatic carbocycles. The maximum atomic E-state index is 12.4. The van der Waals surface area contributed by atoms with Gasteiger partial charge in [-0.2, -0.15) is 0 Å². The van der Waals surface area contributed by atoms with Gasteiger partial charge in [-0.1, -0.05) is 32.0 Å².